The zero-order chi connectivity index (χ0) is 11.5. The molecule has 2 aromatic rings. The van der Waals surface area contributed by atoms with Gasteiger partial charge in [0, 0.05) is 6.07 Å². The van der Waals surface area contributed by atoms with Crippen molar-refractivity contribution in [3.8, 4) is 11.6 Å². The van der Waals surface area contributed by atoms with E-state index in [0.717, 1.165) is 0 Å². The summed E-state index contributed by atoms with van der Waals surface area (Å²) in [5.74, 6) is -0.236. The summed E-state index contributed by atoms with van der Waals surface area (Å²) in [6.07, 6.45) is 0. The molecule has 0 saturated heterocycles. The average Bonchev–Trinajstić information content (AvgIpc) is 2.25. The first-order valence-electron chi connectivity index (χ1n) is 4.41. The Kier molecular flexibility index (Phi) is 3.41. The lowest BCUT2D eigenvalue weighted by molar-refractivity contribution is 0.427. The zero-order valence-corrected chi connectivity index (χ0v) is 10.3. The van der Waals surface area contributed by atoms with Crippen LogP contribution in [0, 0.1) is 5.82 Å². The second-order valence-corrected chi connectivity index (χ2v) is 4.17. The van der Waals surface area contributed by atoms with E-state index in [1.807, 2.05) is 0 Å². The van der Waals surface area contributed by atoms with Crippen molar-refractivity contribution in [2.75, 3.05) is 0 Å². The summed E-state index contributed by atoms with van der Waals surface area (Å²) in [5.41, 5.74) is 0. The quantitative estimate of drug-likeness (QED) is 0.766. The van der Waals surface area contributed by atoms with Gasteiger partial charge in [-0.05, 0) is 34.1 Å². The Morgan fingerprint density at radius 2 is 1.94 bits per heavy atom. The molecule has 2 rings (SSSR count). The molecule has 1 aromatic carbocycles. The molecule has 0 aliphatic rings. The molecule has 0 aliphatic heterocycles. The third-order valence-electron chi connectivity index (χ3n) is 1.82. The predicted molar refractivity (Wildman–Crippen MR) is 63.4 cm³/mol. The van der Waals surface area contributed by atoms with E-state index < -0.39 is 5.82 Å². The lowest BCUT2D eigenvalue weighted by atomic mass is 10.3. The van der Waals surface area contributed by atoms with Crippen LogP contribution in [-0.2, 0) is 0 Å². The van der Waals surface area contributed by atoms with Crippen LogP contribution in [0.15, 0.2) is 41.0 Å². The lowest BCUT2D eigenvalue weighted by Gasteiger charge is -2.06. The van der Waals surface area contributed by atoms with E-state index in [1.165, 1.54) is 12.1 Å². The maximum atomic E-state index is 13.5. The van der Waals surface area contributed by atoms with Crippen molar-refractivity contribution < 1.29 is 9.13 Å². The molecule has 1 heterocycles. The molecular weight excluding hydrogens is 296 g/mol. The highest BCUT2D eigenvalue weighted by atomic mass is 79.9. The molecule has 0 N–H and O–H groups in total. The number of pyridine rings is 1. The SMILES string of the molecule is Fc1c(Cl)cccc1Oc1cccc(Br)n1. The smallest absolute Gasteiger partial charge is 0.220 e. The van der Waals surface area contributed by atoms with Crippen LogP contribution in [0.3, 0.4) is 0 Å². The van der Waals surface area contributed by atoms with Crippen LogP contribution in [0.1, 0.15) is 0 Å². The highest BCUT2D eigenvalue weighted by Gasteiger charge is 2.08. The minimum atomic E-state index is -0.592. The topological polar surface area (TPSA) is 22.1 Å². The number of hydrogen-bond donors (Lipinski definition) is 0. The first-order chi connectivity index (χ1) is 7.66. The minimum Gasteiger partial charge on any atom is -0.436 e. The van der Waals surface area contributed by atoms with Crippen LogP contribution in [0.25, 0.3) is 0 Å². The molecular formula is C11H6BrClFNO. The minimum absolute atomic E-state index is 0.0208. The van der Waals surface area contributed by atoms with Gasteiger partial charge >= 0.3 is 0 Å². The largest absolute Gasteiger partial charge is 0.436 e. The van der Waals surface area contributed by atoms with Crippen LogP contribution < -0.4 is 4.74 Å². The zero-order valence-electron chi connectivity index (χ0n) is 7.95. The Hall–Kier alpha value is -1.13. The monoisotopic (exact) mass is 301 g/mol. The summed E-state index contributed by atoms with van der Waals surface area (Å²) in [5, 5.41) is 0.0208. The standard InChI is InChI=1S/C11H6BrClFNO/c12-9-5-2-6-10(15-9)16-8-4-1-3-7(13)11(8)14/h1-6H. The summed E-state index contributed by atoms with van der Waals surface area (Å²) < 4.78 is 19.4. The van der Waals surface area contributed by atoms with Gasteiger partial charge in [-0.15, -0.1) is 0 Å². The van der Waals surface area contributed by atoms with Crippen molar-refractivity contribution in [1.29, 1.82) is 0 Å². The van der Waals surface area contributed by atoms with Gasteiger partial charge < -0.3 is 4.74 Å². The van der Waals surface area contributed by atoms with Crippen molar-refractivity contribution in [1.82, 2.24) is 4.98 Å². The molecule has 0 bridgehead atoms. The van der Waals surface area contributed by atoms with E-state index in [1.54, 1.807) is 24.3 Å². The molecule has 0 aliphatic carbocycles. The van der Waals surface area contributed by atoms with E-state index in [-0.39, 0.29) is 10.8 Å². The third kappa shape index (κ3) is 2.51. The van der Waals surface area contributed by atoms with Gasteiger partial charge in [-0.1, -0.05) is 23.7 Å². The predicted octanol–water partition coefficient (Wildman–Crippen LogP) is 4.43. The molecule has 0 unspecified atom stereocenters. The van der Waals surface area contributed by atoms with Gasteiger partial charge in [-0.25, -0.2) is 9.37 Å². The van der Waals surface area contributed by atoms with Gasteiger partial charge in [-0.3, -0.25) is 0 Å². The van der Waals surface area contributed by atoms with E-state index in [0.29, 0.717) is 10.5 Å². The Bertz CT molecular complexity index is 521. The van der Waals surface area contributed by atoms with Gasteiger partial charge in [-0.2, -0.15) is 0 Å². The van der Waals surface area contributed by atoms with Gasteiger partial charge in [0.05, 0.1) is 5.02 Å². The normalized spacial score (nSPS) is 10.2. The van der Waals surface area contributed by atoms with Crippen LogP contribution in [0.4, 0.5) is 4.39 Å². The molecule has 0 saturated carbocycles. The number of halogens is 3. The second-order valence-electron chi connectivity index (χ2n) is 2.95. The van der Waals surface area contributed by atoms with Crippen molar-refractivity contribution >= 4 is 27.5 Å². The highest BCUT2D eigenvalue weighted by Crippen LogP contribution is 2.28. The Morgan fingerprint density at radius 1 is 1.19 bits per heavy atom. The maximum absolute atomic E-state index is 13.5. The summed E-state index contributed by atoms with van der Waals surface area (Å²) in [7, 11) is 0. The van der Waals surface area contributed by atoms with E-state index in [9.17, 15) is 4.39 Å². The molecule has 1 aromatic heterocycles. The van der Waals surface area contributed by atoms with E-state index in [2.05, 4.69) is 20.9 Å². The number of ether oxygens (including phenoxy) is 1. The molecule has 16 heavy (non-hydrogen) atoms. The number of aromatic nitrogens is 1. The fraction of sp³-hybridized carbons (Fsp3) is 0. The average molecular weight is 303 g/mol. The van der Waals surface area contributed by atoms with Crippen molar-refractivity contribution in [3.05, 3.63) is 51.8 Å². The van der Waals surface area contributed by atoms with Crippen LogP contribution in [-0.4, -0.2) is 4.98 Å². The maximum Gasteiger partial charge on any atom is 0.220 e. The summed E-state index contributed by atoms with van der Waals surface area (Å²) in [6.45, 7) is 0. The number of benzene rings is 1. The molecule has 5 heteroatoms. The second kappa shape index (κ2) is 4.80. The highest BCUT2D eigenvalue weighted by molar-refractivity contribution is 9.10. The van der Waals surface area contributed by atoms with Gasteiger partial charge in [0.25, 0.3) is 0 Å². The number of hydrogen-bond acceptors (Lipinski definition) is 2. The Balaban J connectivity index is 2.31. The van der Waals surface area contributed by atoms with Crippen molar-refractivity contribution in [2.45, 2.75) is 0 Å². The first-order valence-corrected chi connectivity index (χ1v) is 5.58. The lowest BCUT2D eigenvalue weighted by Crippen LogP contribution is -1.91. The Morgan fingerprint density at radius 3 is 2.69 bits per heavy atom. The summed E-state index contributed by atoms with van der Waals surface area (Å²) in [6, 6.07) is 9.68. The van der Waals surface area contributed by atoms with Crippen molar-refractivity contribution in [3.63, 3.8) is 0 Å². The Labute approximate surface area is 105 Å². The summed E-state index contributed by atoms with van der Waals surface area (Å²) >= 11 is 8.82. The number of nitrogens with zero attached hydrogens (tertiary/aromatic N) is 1. The molecule has 0 radical (unpaired) electrons. The van der Waals surface area contributed by atoms with E-state index in [4.69, 9.17) is 16.3 Å². The van der Waals surface area contributed by atoms with Crippen LogP contribution in [0.2, 0.25) is 5.02 Å². The fourth-order valence-electron chi connectivity index (χ4n) is 1.12. The van der Waals surface area contributed by atoms with Gasteiger partial charge in [0.1, 0.15) is 4.60 Å². The summed E-state index contributed by atoms with van der Waals surface area (Å²) in [4.78, 5) is 4.02. The molecule has 0 spiro atoms. The molecule has 2 nitrogen and oxygen atoms in total. The third-order valence-corrected chi connectivity index (χ3v) is 2.55. The van der Waals surface area contributed by atoms with E-state index >= 15 is 0 Å². The molecule has 0 atom stereocenters. The molecule has 0 amide bonds. The van der Waals surface area contributed by atoms with Crippen LogP contribution in [0.5, 0.6) is 11.6 Å². The van der Waals surface area contributed by atoms with Gasteiger partial charge in [0.15, 0.2) is 11.6 Å². The van der Waals surface area contributed by atoms with Crippen molar-refractivity contribution in [2.24, 2.45) is 0 Å². The first kappa shape index (κ1) is 11.4. The molecule has 82 valence electrons. The van der Waals surface area contributed by atoms with Gasteiger partial charge in [0.2, 0.25) is 5.88 Å². The number of rotatable bonds is 2. The fourth-order valence-corrected chi connectivity index (χ4v) is 1.62. The van der Waals surface area contributed by atoms with Crippen LogP contribution >= 0.6 is 27.5 Å². The molecule has 0 fully saturated rings.